The Morgan fingerprint density at radius 1 is 1.27 bits per heavy atom. The second-order valence-electron chi connectivity index (χ2n) is 6.87. The maximum atomic E-state index is 14.1. The van der Waals surface area contributed by atoms with Gasteiger partial charge >= 0.3 is 5.69 Å². The molecule has 9 heteroatoms. The summed E-state index contributed by atoms with van der Waals surface area (Å²) in [5, 5.41) is 6.00. The van der Waals surface area contributed by atoms with E-state index in [0.717, 1.165) is 0 Å². The van der Waals surface area contributed by atoms with Crippen LogP contribution in [0.15, 0.2) is 29.1 Å². The van der Waals surface area contributed by atoms with Crippen molar-refractivity contribution in [2.45, 2.75) is 38.4 Å². The van der Waals surface area contributed by atoms with Crippen LogP contribution in [0.2, 0.25) is 0 Å². The summed E-state index contributed by atoms with van der Waals surface area (Å²) in [6.07, 6.45) is 1.86. The number of rotatable bonds is 5. The first-order valence-corrected chi connectivity index (χ1v) is 10.2. The zero-order valence-electron chi connectivity index (χ0n) is 14.9. The number of H-pyrrole nitrogens is 1. The molecule has 1 aliphatic rings. The molecule has 0 amide bonds. The average Bonchev–Trinajstić information content (AvgIpc) is 2.96. The molecule has 1 saturated heterocycles. The second kappa shape index (κ2) is 7.32. The van der Waals surface area contributed by atoms with E-state index in [0.29, 0.717) is 38.2 Å². The topological polar surface area (TPSA) is 88.1 Å². The summed E-state index contributed by atoms with van der Waals surface area (Å²) in [4.78, 5) is 12.1. The van der Waals surface area contributed by atoms with E-state index in [1.165, 1.54) is 21.0 Å². The summed E-state index contributed by atoms with van der Waals surface area (Å²) in [5.41, 5.74) is -0.314. The molecular weight excluding hydrogens is 359 g/mol. The van der Waals surface area contributed by atoms with Crippen LogP contribution in [0.4, 0.5) is 4.39 Å². The molecule has 0 radical (unpaired) electrons. The third-order valence-corrected chi connectivity index (χ3v) is 7.11. The molecule has 0 unspecified atom stereocenters. The van der Waals surface area contributed by atoms with E-state index >= 15 is 0 Å². The van der Waals surface area contributed by atoms with Gasteiger partial charge in [-0.2, -0.15) is 5.10 Å². The number of para-hydroxylation sites is 1. The minimum absolute atomic E-state index is 0.168. The van der Waals surface area contributed by atoms with Crippen LogP contribution >= 0.6 is 0 Å². The molecule has 1 aliphatic heterocycles. The van der Waals surface area contributed by atoms with Crippen LogP contribution in [-0.2, 0) is 16.4 Å². The maximum Gasteiger partial charge on any atom is 0.348 e. The Morgan fingerprint density at radius 3 is 2.54 bits per heavy atom. The molecule has 0 atom stereocenters. The quantitative estimate of drug-likeness (QED) is 0.852. The van der Waals surface area contributed by atoms with Gasteiger partial charge in [-0.05, 0) is 44.7 Å². The van der Waals surface area contributed by atoms with Gasteiger partial charge < -0.3 is 0 Å². The molecule has 0 aliphatic carbocycles. The molecule has 0 bridgehead atoms. The number of benzene rings is 1. The fourth-order valence-corrected chi connectivity index (χ4v) is 4.59. The smallest absolute Gasteiger partial charge is 0.246 e. The minimum Gasteiger partial charge on any atom is -0.246 e. The third kappa shape index (κ3) is 3.59. The van der Waals surface area contributed by atoms with Crippen molar-refractivity contribution >= 4 is 10.0 Å². The predicted molar refractivity (Wildman–Crippen MR) is 96.2 cm³/mol. The monoisotopic (exact) mass is 382 g/mol. The summed E-state index contributed by atoms with van der Waals surface area (Å²) in [7, 11) is -3.24. The molecule has 2 aromatic rings. The molecule has 142 valence electrons. The number of halogens is 1. The largest absolute Gasteiger partial charge is 0.348 e. The number of piperidine rings is 1. The predicted octanol–water partition coefficient (Wildman–Crippen LogP) is 1.69. The molecule has 7 nitrogen and oxygen atoms in total. The SMILES string of the molecule is CC(C)S(=O)(=O)N1CCC(Cc2n[nH]c(=O)n2-c2ccccc2F)CC1. The van der Waals surface area contributed by atoms with E-state index in [9.17, 15) is 17.6 Å². The number of hydrogen-bond acceptors (Lipinski definition) is 4. The first-order valence-electron chi connectivity index (χ1n) is 8.71. The van der Waals surface area contributed by atoms with E-state index in [-0.39, 0.29) is 11.6 Å². The molecule has 0 saturated carbocycles. The van der Waals surface area contributed by atoms with Crippen LogP contribution in [0, 0.1) is 11.7 Å². The molecular formula is C17H23FN4O3S. The number of sulfonamides is 1. The Hall–Kier alpha value is -2.00. The number of nitrogens with one attached hydrogen (secondary N) is 1. The van der Waals surface area contributed by atoms with Crippen molar-refractivity contribution in [1.82, 2.24) is 19.1 Å². The van der Waals surface area contributed by atoms with Gasteiger partial charge in [0, 0.05) is 19.5 Å². The van der Waals surface area contributed by atoms with E-state index in [1.807, 2.05) is 0 Å². The molecule has 2 heterocycles. The lowest BCUT2D eigenvalue weighted by atomic mass is 9.94. The van der Waals surface area contributed by atoms with Gasteiger partial charge in [0.2, 0.25) is 10.0 Å². The zero-order valence-corrected chi connectivity index (χ0v) is 15.7. The van der Waals surface area contributed by atoms with Gasteiger partial charge in [-0.25, -0.2) is 31.6 Å². The van der Waals surface area contributed by atoms with Crippen molar-refractivity contribution in [3.05, 3.63) is 46.4 Å². The summed E-state index contributed by atoms with van der Waals surface area (Å²) in [6.45, 7) is 4.27. The van der Waals surface area contributed by atoms with Crippen molar-refractivity contribution in [2.75, 3.05) is 13.1 Å². The van der Waals surface area contributed by atoms with Crippen molar-refractivity contribution in [2.24, 2.45) is 5.92 Å². The normalized spacial score (nSPS) is 17.1. The lowest BCUT2D eigenvalue weighted by molar-refractivity contribution is 0.268. The highest BCUT2D eigenvalue weighted by Gasteiger charge is 2.31. The number of aromatic nitrogens is 3. The van der Waals surface area contributed by atoms with Crippen molar-refractivity contribution in [3.63, 3.8) is 0 Å². The molecule has 1 fully saturated rings. The number of aromatic amines is 1. The van der Waals surface area contributed by atoms with E-state index in [1.54, 1.807) is 26.0 Å². The molecule has 1 aromatic heterocycles. The van der Waals surface area contributed by atoms with Crippen LogP contribution < -0.4 is 5.69 Å². The van der Waals surface area contributed by atoms with E-state index in [2.05, 4.69) is 10.2 Å². The van der Waals surface area contributed by atoms with Gasteiger partial charge in [-0.1, -0.05) is 12.1 Å². The fraction of sp³-hybridized carbons (Fsp3) is 0.529. The van der Waals surface area contributed by atoms with E-state index < -0.39 is 26.8 Å². The van der Waals surface area contributed by atoms with Gasteiger partial charge in [0.15, 0.2) is 0 Å². The van der Waals surface area contributed by atoms with Gasteiger partial charge in [0.25, 0.3) is 0 Å². The van der Waals surface area contributed by atoms with E-state index in [4.69, 9.17) is 0 Å². The lowest BCUT2D eigenvalue weighted by Crippen LogP contribution is -2.42. The standard InChI is InChI=1S/C17H23FN4O3S/c1-12(2)26(24,25)21-9-7-13(8-10-21)11-16-19-20-17(23)22(16)15-6-4-3-5-14(15)18/h3-6,12-13H,7-11H2,1-2H3,(H,20,23). The van der Waals surface area contributed by atoms with Crippen LogP contribution in [0.25, 0.3) is 5.69 Å². The first kappa shape index (κ1) is 18.8. The van der Waals surface area contributed by atoms with Gasteiger partial charge in [0.1, 0.15) is 11.6 Å². The molecule has 3 rings (SSSR count). The Kier molecular flexibility index (Phi) is 5.29. The van der Waals surface area contributed by atoms with Crippen molar-refractivity contribution < 1.29 is 12.8 Å². The van der Waals surface area contributed by atoms with Crippen LogP contribution in [0.3, 0.4) is 0 Å². The Labute approximate surface area is 151 Å². The highest BCUT2D eigenvalue weighted by atomic mass is 32.2. The Bertz CT molecular complexity index is 927. The molecule has 0 spiro atoms. The average molecular weight is 382 g/mol. The second-order valence-corrected chi connectivity index (χ2v) is 9.36. The number of nitrogens with zero attached hydrogens (tertiary/aromatic N) is 3. The Morgan fingerprint density at radius 2 is 1.92 bits per heavy atom. The highest BCUT2D eigenvalue weighted by molar-refractivity contribution is 7.89. The van der Waals surface area contributed by atoms with Gasteiger partial charge in [-0.3, -0.25) is 0 Å². The summed E-state index contributed by atoms with van der Waals surface area (Å²) >= 11 is 0. The van der Waals surface area contributed by atoms with Crippen LogP contribution in [-0.4, -0.2) is 45.8 Å². The maximum absolute atomic E-state index is 14.1. The summed E-state index contributed by atoms with van der Waals surface area (Å²) in [6, 6.07) is 6.06. The lowest BCUT2D eigenvalue weighted by Gasteiger charge is -2.32. The molecule has 1 aromatic carbocycles. The van der Waals surface area contributed by atoms with Crippen LogP contribution in [0.1, 0.15) is 32.5 Å². The van der Waals surface area contributed by atoms with Gasteiger partial charge in [-0.15, -0.1) is 0 Å². The summed E-state index contributed by atoms with van der Waals surface area (Å²) in [5.74, 6) is 0.162. The molecule has 26 heavy (non-hydrogen) atoms. The first-order chi connectivity index (χ1) is 12.3. The van der Waals surface area contributed by atoms with Crippen LogP contribution in [0.5, 0.6) is 0 Å². The summed E-state index contributed by atoms with van der Waals surface area (Å²) < 4.78 is 41.4. The minimum atomic E-state index is -3.24. The van der Waals surface area contributed by atoms with Crippen molar-refractivity contribution in [1.29, 1.82) is 0 Å². The molecule has 1 N–H and O–H groups in total. The Balaban J connectivity index is 1.75. The number of hydrogen-bond donors (Lipinski definition) is 1. The van der Waals surface area contributed by atoms with Crippen molar-refractivity contribution in [3.8, 4) is 5.69 Å². The highest BCUT2D eigenvalue weighted by Crippen LogP contribution is 2.24. The third-order valence-electron chi connectivity index (χ3n) is 4.84. The zero-order chi connectivity index (χ0) is 18.9. The van der Waals surface area contributed by atoms with Gasteiger partial charge in [0.05, 0.1) is 10.9 Å². The fourth-order valence-electron chi connectivity index (χ4n) is 3.27.